The van der Waals surface area contributed by atoms with E-state index in [2.05, 4.69) is 13.8 Å². The maximum atomic E-state index is 13.3. The van der Waals surface area contributed by atoms with Crippen molar-refractivity contribution >= 4 is 17.5 Å². The normalized spacial score (nSPS) is 22.2. The molecule has 0 bridgehead atoms. The van der Waals surface area contributed by atoms with E-state index in [1.165, 1.54) is 0 Å². The van der Waals surface area contributed by atoms with E-state index in [-0.39, 0.29) is 29.5 Å². The molecule has 2 aliphatic rings. The Labute approximate surface area is 188 Å². The summed E-state index contributed by atoms with van der Waals surface area (Å²) in [6, 6.07) is 16.6. The molecule has 0 saturated heterocycles. The molecule has 0 radical (unpaired) electrons. The van der Waals surface area contributed by atoms with E-state index in [9.17, 15) is 14.7 Å². The Bertz CT molecular complexity index is 1080. The fourth-order valence-electron chi connectivity index (χ4n) is 4.80. The number of carbonyl (C=O) groups excluding carboxylic acids is 2. The number of allylic oxidation sites excluding steroid dienone is 2. The molecule has 0 amide bonds. The molecule has 5 nitrogen and oxygen atoms in total. The number of phenolic OH excluding ortho intramolecular Hbond substituents is 1. The zero-order valence-electron chi connectivity index (χ0n) is 18.8. The highest BCUT2D eigenvalue weighted by atomic mass is 16.5. The Morgan fingerprint density at radius 2 is 1.78 bits per heavy atom. The number of nitrogens with zero attached hydrogens (tertiary/aromatic N) is 1. The number of aliphatic imine (C=N–C) groups is 1. The minimum Gasteiger partial charge on any atom is -0.508 e. The maximum Gasteiger partial charge on any atom is 0.315 e. The van der Waals surface area contributed by atoms with Crippen LogP contribution in [-0.4, -0.2) is 29.2 Å². The van der Waals surface area contributed by atoms with Gasteiger partial charge in [-0.15, -0.1) is 0 Å². The van der Waals surface area contributed by atoms with Crippen molar-refractivity contribution in [3.8, 4) is 5.75 Å². The average Bonchev–Trinajstić information content (AvgIpc) is 2.73. The Morgan fingerprint density at radius 1 is 1.09 bits per heavy atom. The number of phenols is 1. The van der Waals surface area contributed by atoms with Gasteiger partial charge in [-0.25, -0.2) is 0 Å². The van der Waals surface area contributed by atoms with Gasteiger partial charge in [0.15, 0.2) is 5.78 Å². The lowest BCUT2D eigenvalue weighted by molar-refractivity contribution is -0.146. The summed E-state index contributed by atoms with van der Waals surface area (Å²) < 4.78 is 5.68. The minimum atomic E-state index is -0.667. The van der Waals surface area contributed by atoms with Gasteiger partial charge in [0.25, 0.3) is 0 Å². The van der Waals surface area contributed by atoms with Crippen LogP contribution in [-0.2, 0) is 20.7 Å². The second kappa shape index (κ2) is 8.73. The van der Waals surface area contributed by atoms with Crippen LogP contribution in [0.5, 0.6) is 5.75 Å². The molecule has 0 saturated carbocycles. The van der Waals surface area contributed by atoms with E-state index in [4.69, 9.17) is 9.73 Å². The number of rotatable bonds is 5. The summed E-state index contributed by atoms with van der Waals surface area (Å²) in [4.78, 5) is 31.2. The molecule has 2 aromatic carbocycles. The zero-order chi connectivity index (χ0) is 22.9. The summed E-state index contributed by atoms with van der Waals surface area (Å²) in [5.74, 6) is -1.32. The predicted octanol–water partition coefficient (Wildman–Crippen LogP) is 5.00. The van der Waals surface area contributed by atoms with Gasteiger partial charge in [0.2, 0.25) is 0 Å². The smallest absolute Gasteiger partial charge is 0.315 e. The van der Waals surface area contributed by atoms with Gasteiger partial charge in [0, 0.05) is 35.7 Å². The quantitative estimate of drug-likeness (QED) is 0.676. The van der Waals surface area contributed by atoms with Crippen molar-refractivity contribution in [2.75, 3.05) is 6.61 Å². The summed E-state index contributed by atoms with van der Waals surface area (Å²) in [6.07, 6.45) is 1.74. The molecule has 4 rings (SSSR count). The topological polar surface area (TPSA) is 76.0 Å². The molecular weight excluding hydrogens is 402 g/mol. The SMILES string of the molecule is CC1=NC2=C(C(=O)CC(C)(C)C2)[C@H](c2ccc(O)cc2)C1C(=O)OCCc1ccccc1. The molecule has 1 aliphatic heterocycles. The van der Waals surface area contributed by atoms with Crippen molar-refractivity contribution < 1.29 is 19.4 Å². The summed E-state index contributed by atoms with van der Waals surface area (Å²) in [5, 5.41) is 9.77. The van der Waals surface area contributed by atoms with E-state index in [0.717, 1.165) is 16.8 Å². The molecular formula is C27H29NO4. The molecule has 32 heavy (non-hydrogen) atoms. The molecule has 0 spiro atoms. The second-order valence-corrected chi connectivity index (χ2v) is 9.50. The fourth-order valence-corrected chi connectivity index (χ4v) is 4.80. The van der Waals surface area contributed by atoms with Crippen LogP contribution in [0.4, 0.5) is 0 Å². The van der Waals surface area contributed by atoms with Crippen LogP contribution in [0.25, 0.3) is 0 Å². The van der Waals surface area contributed by atoms with E-state index in [1.807, 2.05) is 37.3 Å². The third-order valence-corrected chi connectivity index (χ3v) is 6.29. The molecule has 1 heterocycles. The largest absolute Gasteiger partial charge is 0.508 e. The van der Waals surface area contributed by atoms with Crippen molar-refractivity contribution in [1.82, 2.24) is 0 Å². The highest BCUT2D eigenvalue weighted by Crippen LogP contribution is 2.48. The first-order valence-corrected chi connectivity index (χ1v) is 11.1. The van der Waals surface area contributed by atoms with E-state index in [0.29, 0.717) is 30.5 Å². The molecule has 0 fully saturated rings. The van der Waals surface area contributed by atoms with Crippen LogP contribution in [0.2, 0.25) is 0 Å². The number of ether oxygens (including phenoxy) is 1. The van der Waals surface area contributed by atoms with Crippen molar-refractivity contribution in [2.24, 2.45) is 16.3 Å². The Kier molecular flexibility index (Phi) is 6.00. The highest BCUT2D eigenvalue weighted by Gasteiger charge is 2.46. The van der Waals surface area contributed by atoms with Gasteiger partial charge < -0.3 is 9.84 Å². The molecule has 5 heteroatoms. The van der Waals surface area contributed by atoms with Crippen molar-refractivity contribution in [3.63, 3.8) is 0 Å². The first-order valence-electron chi connectivity index (χ1n) is 11.1. The zero-order valence-corrected chi connectivity index (χ0v) is 18.8. The third kappa shape index (κ3) is 4.52. The summed E-state index contributed by atoms with van der Waals surface area (Å²) in [7, 11) is 0. The van der Waals surface area contributed by atoms with Crippen molar-refractivity contribution in [3.05, 3.63) is 77.0 Å². The molecule has 2 atom stereocenters. The van der Waals surface area contributed by atoms with Crippen LogP contribution in [0.15, 0.2) is 70.9 Å². The first kappa shape index (κ1) is 22.0. The van der Waals surface area contributed by atoms with E-state index in [1.54, 1.807) is 24.3 Å². The number of hydrogen-bond acceptors (Lipinski definition) is 5. The maximum absolute atomic E-state index is 13.3. The van der Waals surface area contributed by atoms with Crippen molar-refractivity contribution in [2.45, 2.75) is 46.0 Å². The average molecular weight is 432 g/mol. The summed E-state index contributed by atoms with van der Waals surface area (Å²) in [6.45, 7) is 6.24. The second-order valence-electron chi connectivity index (χ2n) is 9.50. The number of aromatic hydroxyl groups is 1. The summed E-state index contributed by atoms with van der Waals surface area (Å²) >= 11 is 0. The van der Waals surface area contributed by atoms with Gasteiger partial charge in [0.05, 0.1) is 6.61 Å². The van der Waals surface area contributed by atoms with Crippen LogP contribution < -0.4 is 0 Å². The van der Waals surface area contributed by atoms with Crippen LogP contribution in [0.1, 0.15) is 50.7 Å². The number of benzene rings is 2. The minimum absolute atomic E-state index is 0.0349. The van der Waals surface area contributed by atoms with Gasteiger partial charge >= 0.3 is 5.97 Å². The van der Waals surface area contributed by atoms with E-state index >= 15 is 0 Å². The first-order chi connectivity index (χ1) is 15.2. The number of hydrogen-bond donors (Lipinski definition) is 1. The van der Waals surface area contributed by atoms with Gasteiger partial charge in [0.1, 0.15) is 11.7 Å². The predicted molar refractivity (Wildman–Crippen MR) is 124 cm³/mol. The van der Waals surface area contributed by atoms with Gasteiger partial charge in [-0.3, -0.25) is 14.6 Å². The molecule has 166 valence electrons. The number of carbonyl (C=O) groups is 2. The summed E-state index contributed by atoms with van der Waals surface area (Å²) in [5.41, 5.74) is 3.79. The highest BCUT2D eigenvalue weighted by molar-refractivity contribution is 6.09. The van der Waals surface area contributed by atoms with Crippen LogP contribution in [0, 0.1) is 11.3 Å². The van der Waals surface area contributed by atoms with Gasteiger partial charge in [-0.1, -0.05) is 56.3 Å². The van der Waals surface area contributed by atoms with Gasteiger partial charge in [-0.2, -0.15) is 0 Å². The molecule has 1 unspecified atom stereocenters. The van der Waals surface area contributed by atoms with Crippen molar-refractivity contribution in [1.29, 1.82) is 0 Å². The number of esters is 1. The number of Topliss-reactive ketones (excluding diaryl/α,β-unsaturated/α-hetero) is 1. The Balaban J connectivity index is 1.65. The Hall–Kier alpha value is -3.21. The van der Waals surface area contributed by atoms with E-state index < -0.39 is 11.8 Å². The third-order valence-electron chi connectivity index (χ3n) is 6.29. The lowest BCUT2D eigenvalue weighted by Gasteiger charge is -2.39. The molecule has 0 aromatic heterocycles. The Morgan fingerprint density at radius 3 is 2.47 bits per heavy atom. The lowest BCUT2D eigenvalue weighted by Crippen LogP contribution is -2.39. The monoisotopic (exact) mass is 431 g/mol. The molecule has 1 aliphatic carbocycles. The fraction of sp³-hybridized carbons (Fsp3) is 0.370. The van der Waals surface area contributed by atoms with Crippen LogP contribution in [0.3, 0.4) is 0 Å². The molecule has 2 aromatic rings. The number of ketones is 1. The lowest BCUT2D eigenvalue weighted by atomic mass is 9.67. The van der Waals surface area contributed by atoms with Gasteiger partial charge in [-0.05, 0) is 42.0 Å². The standard InChI is InChI=1S/C27H29NO4/c1-17-23(26(31)32-14-13-18-7-5-4-6-8-18)24(19-9-11-20(29)12-10-19)25-21(28-17)15-27(2,3)16-22(25)30/h4-12,23-24,29H,13-16H2,1-3H3/t23?,24-/m1/s1. The van der Waals surface area contributed by atoms with Crippen LogP contribution >= 0.6 is 0 Å². The molecule has 1 N–H and O–H groups in total.